The van der Waals surface area contributed by atoms with E-state index in [-0.39, 0.29) is 17.9 Å². The van der Waals surface area contributed by atoms with Crippen LogP contribution in [0, 0.1) is 0 Å². The van der Waals surface area contributed by atoms with Crippen LogP contribution in [0.5, 0.6) is 0 Å². The minimum Gasteiger partial charge on any atom is -0.243 e. The third-order valence-electron chi connectivity index (χ3n) is 2.48. The summed E-state index contributed by atoms with van der Waals surface area (Å²) in [7, 11) is 0. The van der Waals surface area contributed by atoms with Gasteiger partial charge in [0.1, 0.15) is 18.5 Å². The van der Waals surface area contributed by atoms with E-state index in [0.717, 1.165) is 4.68 Å². The van der Waals surface area contributed by atoms with Crippen LogP contribution in [0.1, 0.15) is 51.2 Å². The predicted molar refractivity (Wildman–Crippen MR) is 64.4 cm³/mol. The largest absolute Gasteiger partial charge is 0.372 e. The van der Waals surface area contributed by atoms with Gasteiger partial charge in [-0.2, -0.15) is 14.5 Å². The summed E-state index contributed by atoms with van der Waals surface area (Å²) in [6.07, 6.45) is 2.66. The maximum absolute atomic E-state index is 12.2. The summed E-state index contributed by atoms with van der Waals surface area (Å²) in [5.41, 5.74) is 0. The first-order valence-electron chi connectivity index (χ1n) is 5.87. The second-order valence-electron chi connectivity index (χ2n) is 4.67. The van der Waals surface area contributed by atoms with Gasteiger partial charge in [-0.3, -0.25) is 0 Å². The van der Waals surface area contributed by atoms with Crippen LogP contribution in [0.3, 0.4) is 0 Å². The Morgan fingerprint density at radius 2 is 1.94 bits per heavy atom. The van der Waals surface area contributed by atoms with E-state index in [1.54, 1.807) is 0 Å². The van der Waals surface area contributed by atoms with Crippen LogP contribution in [-0.4, -0.2) is 35.6 Å². The van der Waals surface area contributed by atoms with E-state index in [2.05, 4.69) is 20.2 Å². The van der Waals surface area contributed by atoms with Crippen molar-refractivity contribution in [2.75, 3.05) is 0 Å². The molecule has 0 fully saturated rings. The summed E-state index contributed by atoms with van der Waals surface area (Å²) in [5.74, 6) is 1.58. The molecule has 0 radical (unpaired) electrons. The molecule has 0 unspecified atom stereocenters. The molecule has 0 saturated heterocycles. The van der Waals surface area contributed by atoms with Gasteiger partial charge in [-0.25, -0.2) is 14.8 Å². The van der Waals surface area contributed by atoms with Crippen molar-refractivity contribution >= 4 is 6.03 Å². The topological polar surface area (TPSA) is 78.5 Å². The van der Waals surface area contributed by atoms with E-state index in [9.17, 15) is 4.79 Å². The predicted octanol–water partition coefficient (Wildman–Crippen LogP) is 1.63. The van der Waals surface area contributed by atoms with E-state index in [4.69, 9.17) is 0 Å². The van der Waals surface area contributed by atoms with Crippen molar-refractivity contribution in [1.82, 2.24) is 29.5 Å². The Kier molecular flexibility index (Phi) is 3.22. The summed E-state index contributed by atoms with van der Waals surface area (Å²) in [5, 5.41) is 8.07. The number of carbonyl (C=O) groups excluding carboxylic acids is 1. The Labute approximate surface area is 105 Å². The summed E-state index contributed by atoms with van der Waals surface area (Å²) in [4.78, 5) is 20.4. The van der Waals surface area contributed by atoms with Gasteiger partial charge in [0.25, 0.3) is 0 Å². The maximum Gasteiger partial charge on any atom is 0.372 e. The zero-order valence-electron chi connectivity index (χ0n) is 10.9. The van der Waals surface area contributed by atoms with Gasteiger partial charge < -0.3 is 0 Å². The molecule has 2 heterocycles. The number of hydrogen-bond donors (Lipinski definition) is 0. The van der Waals surface area contributed by atoms with Crippen molar-refractivity contribution in [1.29, 1.82) is 0 Å². The number of hydrogen-bond acceptors (Lipinski definition) is 5. The van der Waals surface area contributed by atoms with Crippen molar-refractivity contribution in [3.63, 3.8) is 0 Å². The zero-order chi connectivity index (χ0) is 13.3. The van der Waals surface area contributed by atoms with E-state index >= 15 is 0 Å². The number of nitrogens with zero attached hydrogens (tertiary/aromatic N) is 6. The number of carbonyl (C=O) groups is 1. The number of aromatic nitrogens is 6. The van der Waals surface area contributed by atoms with E-state index in [0.29, 0.717) is 11.6 Å². The maximum atomic E-state index is 12.2. The van der Waals surface area contributed by atoms with Gasteiger partial charge in [0.15, 0.2) is 5.82 Å². The van der Waals surface area contributed by atoms with Crippen molar-refractivity contribution in [3.05, 3.63) is 24.3 Å². The highest BCUT2D eigenvalue weighted by Crippen LogP contribution is 2.16. The highest BCUT2D eigenvalue weighted by Gasteiger charge is 2.21. The molecule has 0 aromatic carbocycles. The van der Waals surface area contributed by atoms with Crippen molar-refractivity contribution in [2.24, 2.45) is 0 Å². The van der Waals surface area contributed by atoms with Crippen LogP contribution in [0.25, 0.3) is 0 Å². The molecule has 0 aliphatic heterocycles. The third kappa shape index (κ3) is 2.15. The summed E-state index contributed by atoms with van der Waals surface area (Å²) in [6.45, 7) is 7.92. The molecule has 0 bridgehead atoms. The van der Waals surface area contributed by atoms with Crippen molar-refractivity contribution < 1.29 is 4.79 Å². The fourth-order valence-electron chi connectivity index (χ4n) is 1.50. The Morgan fingerprint density at radius 1 is 1.22 bits per heavy atom. The second-order valence-corrected chi connectivity index (χ2v) is 4.67. The Bertz CT molecular complexity index is 540. The Hall–Kier alpha value is -2.05. The van der Waals surface area contributed by atoms with E-state index < -0.39 is 0 Å². The molecule has 0 aliphatic carbocycles. The third-order valence-corrected chi connectivity index (χ3v) is 2.48. The van der Waals surface area contributed by atoms with E-state index in [1.165, 1.54) is 17.3 Å². The molecule has 7 heteroatoms. The van der Waals surface area contributed by atoms with Crippen LogP contribution in [0.4, 0.5) is 4.79 Å². The molecule has 2 aromatic rings. The second kappa shape index (κ2) is 4.67. The molecule has 7 nitrogen and oxygen atoms in total. The lowest BCUT2D eigenvalue weighted by atomic mass is 10.2. The molecule has 18 heavy (non-hydrogen) atoms. The highest BCUT2D eigenvalue weighted by molar-refractivity contribution is 5.77. The molecule has 2 aromatic heterocycles. The standard InChI is InChI=1S/C11H16N6O/c1-7(2)9-14-10(8(3)4)17(15-9)11(18)16-6-12-5-13-16/h5-8H,1-4H3. The van der Waals surface area contributed by atoms with Crippen LogP contribution < -0.4 is 0 Å². The molecule has 2 rings (SSSR count). The summed E-state index contributed by atoms with van der Waals surface area (Å²) < 4.78 is 2.44. The lowest BCUT2D eigenvalue weighted by molar-refractivity contribution is 0.236. The average Bonchev–Trinajstić information content (AvgIpc) is 2.97. The van der Waals surface area contributed by atoms with Gasteiger partial charge in [-0.05, 0) is 0 Å². The van der Waals surface area contributed by atoms with Crippen LogP contribution in [0.15, 0.2) is 12.7 Å². The van der Waals surface area contributed by atoms with Crippen molar-refractivity contribution in [2.45, 2.75) is 39.5 Å². The first-order chi connectivity index (χ1) is 8.50. The van der Waals surface area contributed by atoms with E-state index in [1.807, 2.05) is 27.7 Å². The average molecular weight is 248 g/mol. The summed E-state index contributed by atoms with van der Waals surface area (Å²) >= 11 is 0. The fourth-order valence-corrected chi connectivity index (χ4v) is 1.50. The quantitative estimate of drug-likeness (QED) is 0.807. The minimum absolute atomic E-state index is 0.109. The first kappa shape index (κ1) is 12.4. The highest BCUT2D eigenvalue weighted by atomic mass is 16.2. The molecular formula is C11H16N6O. The smallest absolute Gasteiger partial charge is 0.243 e. The molecule has 0 amide bonds. The zero-order valence-corrected chi connectivity index (χ0v) is 10.9. The van der Waals surface area contributed by atoms with Gasteiger partial charge >= 0.3 is 6.03 Å². The molecule has 96 valence electrons. The van der Waals surface area contributed by atoms with Crippen LogP contribution in [-0.2, 0) is 0 Å². The van der Waals surface area contributed by atoms with Crippen molar-refractivity contribution in [3.8, 4) is 0 Å². The Morgan fingerprint density at radius 3 is 2.44 bits per heavy atom. The van der Waals surface area contributed by atoms with Gasteiger partial charge in [-0.15, -0.1) is 5.10 Å². The molecule has 0 saturated carbocycles. The minimum atomic E-state index is -0.365. The lowest BCUT2D eigenvalue weighted by Gasteiger charge is -2.05. The molecular weight excluding hydrogens is 232 g/mol. The van der Waals surface area contributed by atoms with Gasteiger partial charge in [0, 0.05) is 11.8 Å². The first-order valence-corrected chi connectivity index (χ1v) is 5.87. The monoisotopic (exact) mass is 248 g/mol. The summed E-state index contributed by atoms with van der Waals surface area (Å²) in [6, 6.07) is -0.365. The van der Waals surface area contributed by atoms with Gasteiger partial charge in [0.05, 0.1) is 0 Å². The van der Waals surface area contributed by atoms with Gasteiger partial charge in [0.2, 0.25) is 0 Å². The fraction of sp³-hybridized carbons (Fsp3) is 0.545. The molecule has 0 spiro atoms. The van der Waals surface area contributed by atoms with Crippen LogP contribution in [0.2, 0.25) is 0 Å². The normalized spacial score (nSPS) is 11.4. The SMILES string of the molecule is CC(C)c1nc(C(C)C)n(C(=O)n2cncn2)n1. The Balaban J connectivity index is 2.46. The lowest BCUT2D eigenvalue weighted by Crippen LogP contribution is -2.24. The molecule has 0 aliphatic rings. The van der Waals surface area contributed by atoms with Gasteiger partial charge in [-0.1, -0.05) is 27.7 Å². The molecule has 0 N–H and O–H groups in total. The number of rotatable bonds is 2. The van der Waals surface area contributed by atoms with Crippen LogP contribution >= 0.6 is 0 Å². The molecule has 0 atom stereocenters.